The number of amides is 1. The van der Waals surface area contributed by atoms with E-state index >= 15 is 0 Å². The van der Waals surface area contributed by atoms with Crippen LogP contribution < -0.4 is 11.3 Å². The molecule has 30 atom stereocenters. The van der Waals surface area contributed by atoms with Gasteiger partial charge < -0.3 is 153 Å². The first-order valence-corrected chi connectivity index (χ1v) is 26.2. The molecule has 6 fully saturated rings. The summed E-state index contributed by atoms with van der Waals surface area (Å²) in [5.74, 6) is 4.52. The molecule has 1 amide bonds. The molecule has 0 bridgehead atoms. The van der Waals surface area contributed by atoms with E-state index in [1.54, 1.807) is 6.92 Å². The maximum Gasteiger partial charge on any atom is 0.469 e. The standard InChI is InChI=1S/C41H73N2O34P/c1-2-11-18(47)24(53)30(59)38(69-11)76-34-27(56)19(48)12(6-44)70-40(34)67-8-14-21(50)25(54)29(58)36(72-14)66-9-15-23(52)33(32(61)37(73-15)65-5-3-4-17(46)43-42)75-41-35(28(57)20(49)13(7-45)71-41)77-39-31(60)26(55)22(51)16(74-39)10-68-78(62,63)64/h11-16,18-41,44-45,47-61H,2-10,42H2,1H3,(H,43,46)(H2,62,63,64)/t11?,12?,13?,14?,15?,16?,18-,19-,20-,21-,22-,23-,24+,25+,26+,27+,28+,29?,30?,31?,32?,33+,34?,35?,36+,37-,38+,39-,40+,41+/m1/s1. The molecule has 6 aliphatic rings. The molecule has 78 heavy (non-hydrogen) atoms. The van der Waals surface area contributed by atoms with Gasteiger partial charge in [0.05, 0.1) is 45.7 Å². The monoisotopic (exact) mass is 1170 g/mol. The Balaban J connectivity index is 1.19. The fourth-order valence-corrected chi connectivity index (χ4v) is 9.57. The van der Waals surface area contributed by atoms with E-state index in [1.165, 1.54) is 0 Å². The van der Waals surface area contributed by atoms with Gasteiger partial charge in [-0.3, -0.25) is 14.7 Å². The van der Waals surface area contributed by atoms with Crippen LogP contribution in [0.15, 0.2) is 0 Å². The van der Waals surface area contributed by atoms with E-state index in [0.717, 1.165) is 0 Å². The average molecular weight is 1170 g/mol. The Bertz CT molecular complexity index is 1890. The van der Waals surface area contributed by atoms with Gasteiger partial charge in [-0.25, -0.2) is 10.4 Å². The molecule has 36 nitrogen and oxygen atoms in total. The first-order valence-electron chi connectivity index (χ1n) is 24.6. The second-order valence-corrected chi connectivity index (χ2v) is 20.4. The van der Waals surface area contributed by atoms with Gasteiger partial charge in [-0.2, -0.15) is 0 Å². The van der Waals surface area contributed by atoms with E-state index < -0.39 is 231 Å². The number of aliphatic hydroxyl groups excluding tert-OH is 17. The molecule has 0 aromatic heterocycles. The van der Waals surface area contributed by atoms with Crippen molar-refractivity contribution in [3.63, 3.8) is 0 Å². The molecule has 6 saturated heterocycles. The molecule has 6 rings (SSSR count). The number of nitrogens with two attached hydrogens (primary N) is 1. The molecule has 12 unspecified atom stereocenters. The Labute approximate surface area is 441 Å². The van der Waals surface area contributed by atoms with Crippen LogP contribution in [0.2, 0.25) is 0 Å². The number of carbonyl (C=O) groups is 1. The van der Waals surface area contributed by atoms with Crippen molar-refractivity contribution in [2.45, 2.75) is 210 Å². The lowest BCUT2D eigenvalue weighted by Gasteiger charge is -2.48. The third kappa shape index (κ3) is 15.4. The summed E-state index contributed by atoms with van der Waals surface area (Å²) in [6.45, 7) is -3.50. The third-order valence-corrected chi connectivity index (χ3v) is 14.3. The minimum Gasteiger partial charge on any atom is -0.394 e. The van der Waals surface area contributed by atoms with Crippen molar-refractivity contribution in [3.8, 4) is 0 Å². The SMILES string of the molecule is CCC1O[C@@H](OC2[C@@H](OCC3O[C@H](OCC4O[C@@H](OCCCC(=O)NN)C(O)[C@@H](O[C@@H]5OC(CO)[C@@H](O)[C@H](O)C5O[C@H]5OC(COP(=O)(O)O)[C@@H](O)[C@H](O)C5O)[C@@H]4O)C(O)[C@@H](O)[C@@H]3O)OC(CO)[C@@H](O)[C@@H]2O)C(O)[C@@H](O)[C@@H]1O. The lowest BCUT2D eigenvalue weighted by Crippen LogP contribution is -2.67. The van der Waals surface area contributed by atoms with Gasteiger partial charge >= 0.3 is 7.82 Å². The molecular formula is C41H73N2O34P. The second-order valence-electron chi connectivity index (χ2n) is 19.2. The van der Waals surface area contributed by atoms with Crippen LogP contribution in [-0.4, -0.2) is 326 Å². The van der Waals surface area contributed by atoms with Crippen LogP contribution in [0, 0.1) is 0 Å². The van der Waals surface area contributed by atoms with E-state index in [-0.39, 0.29) is 25.9 Å². The van der Waals surface area contributed by atoms with Gasteiger partial charge in [0.1, 0.15) is 140 Å². The van der Waals surface area contributed by atoms with Gasteiger partial charge in [0, 0.05) is 6.42 Å². The number of rotatable bonds is 23. The number of ether oxygens (including phenoxy) is 12. The summed E-state index contributed by atoms with van der Waals surface area (Å²) in [4.78, 5) is 30.2. The number of nitrogens with one attached hydrogen (secondary N) is 1. The fraction of sp³-hybridized carbons (Fsp3) is 0.976. The Hall–Kier alpha value is -1.62. The van der Waals surface area contributed by atoms with Crippen LogP contribution in [0.3, 0.4) is 0 Å². The summed E-state index contributed by atoms with van der Waals surface area (Å²) < 4.78 is 84.1. The highest BCUT2D eigenvalue weighted by Crippen LogP contribution is 2.39. The molecule has 6 heterocycles. The normalized spacial score (nSPS) is 47.7. The highest BCUT2D eigenvalue weighted by molar-refractivity contribution is 7.46. The summed E-state index contributed by atoms with van der Waals surface area (Å²) >= 11 is 0. The highest BCUT2D eigenvalue weighted by Gasteiger charge is 2.56. The van der Waals surface area contributed by atoms with Crippen LogP contribution >= 0.6 is 7.82 Å². The highest BCUT2D eigenvalue weighted by atomic mass is 31.2. The van der Waals surface area contributed by atoms with Crippen molar-refractivity contribution < 1.29 is 167 Å². The minimum atomic E-state index is -5.20. The Morgan fingerprint density at radius 2 is 0.833 bits per heavy atom. The molecule has 0 aromatic carbocycles. The molecule has 6 aliphatic heterocycles. The molecule has 0 aromatic rings. The van der Waals surface area contributed by atoms with E-state index in [4.69, 9.17) is 62.7 Å². The Morgan fingerprint density at radius 3 is 1.33 bits per heavy atom. The van der Waals surface area contributed by atoms with E-state index in [2.05, 4.69) is 4.52 Å². The summed E-state index contributed by atoms with van der Waals surface area (Å²) in [5, 5.41) is 183. The van der Waals surface area contributed by atoms with Crippen LogP contribution in [0.4, 0.5) is 0 Å². The van der Waals surface area contributed by atoms with Crippen molar-refractivity contribution in [1.82, 2.24) is 5.43 Å². The predicted octanol–water partition coefficient (Wildman–Crippen LogP) is -12.8. The van der Waals surface area contributed by atoms with Gasteiger partial charge in [0.25, 0.3) is 0 Å². The summed E-state index contributed by atoms with van der Waals surface area (Å²) in [6, 6.07) is 0. The lowest BCUT2D eigenvalue weighted by atomic mass is 9.96. The molecular weight excluding hydrogens is 1100 g/mol. The van der Waals surface area contributed by atoms with E-state index in [0.29, 0.717) is 0 Å². The first-order chi connectivity index (χ1) is 36.8. The van der Waals surface area contributed by atoms with Crippen LogP contribution in [0.25, 0.3) is 0 Å². The Morgan fingerprint density at radius 1 is 0.449 bits per heavy atom. The van der Waals surface area contributed by atoms with Crippen molar-refractivity contribution >= 4 is 13.7 Å². The zero-order valence-electron chi connectivity index (χ0n) is 41.3. The average Bonchev–Trinajstić information content (AvgIpc) is 3.41. The fourth-order valence-electron chi connectivity index (χ4n) is 9.23. The topological polar surface area (TPSA) is 577 Å². The van der Waals surface area contributed by atoms with Crippen LogP contribution in [0.1, 0.15) is 26.2 Å². The molecule has 37 heteroatoms. The molecule has 0 spiro atoms. The van der Waals surface area contributed by atoms with Gasteiger partial charge in [-0.05, 0) is 12.8 Å². The third-order valence-electron chi connectivity index (χ3n) is 13.8. The van der Waals surface area contributed by atoms with Gasteiger partial charge in [-0.1, -0.05) is 6.92 Å². The number of hydrogen-bond donors (Lipinski definition) is 21. The molecule has 22 N–H and O–H groups in total. The first kappa shape index (κ1) is 65.5. The van der Waals surface area contributed by atoms with Gasteiger partial charge in [0.2, 0.25) is 5.91 Å². The summed E-state index contributed by atoms with van der Waals surface area (Å²) in [7, 11) is -5.20. The molecule has 456 valence electrons. The number of carbonyl (C=O) groups excluding carboxylic acids is 1. The maximum absolute atomic E-state index is 11.8. The van der Waals surface area contributed by atoms with Crippen molar-refractivity contribution in [2.75, 3.05) is 39.6 Å². The molecule has 0 radical (unpaired) electrons. The number of hydrazine groups is 1. The zero-order chi connectivity index (χ0) is 57.7. The van der Waals surface area contributed by atoms with Crippen LogP contribution in [0.5, 0.6) is 0 Å². The smallest absolute Gasteiger partial charge is 0.394 e. The number of phosphoric acid groups is 1. The summed E-state index contributed by atoms with van der Waals surface area (Å²) in [5.41, 5.74) is 1.91. The molecule has 0 aliphatic carbocycles. The van der Waals surface area contributed by atoms with Crippen molar-refractivity contribution in [2.24, 2.45) is 5.84 Å². The number of phosphoric ester groups is 1. The lowest BCUT2D eigenvalue weighted by molar-refractivity contribution is -0.391. The second kappa shape index (κ2) is 28.8. The maximum atomic E-state index is 11.8. The van der Waals surface area contributed by atoms with Crippen molar-refractivity contribution in [3.05, 3.63) is 0 Å². The number of hydrogen-bond acceptors (Lipinski definition) is 33. The predicted molar refractivity (Wildman–Crippen MR) is 239 cm³/mol. The van der Waals surface area contributed by atoms with Crippen LogP contribution in [-0.2, 0) is 70.7 Å². The summed E-state index contributed by atoms with van der Waals surface area (Å²) in [6.07, 6.45) is -57.4. The Kier molecular flexibility index (Phi) is 24.2. The largest absolute Gasteiger partial charge is 0.469 e. The number of aliphatic hydroxyl groups is 17. The minimum absolute atomic E-state index is 0.0487. The van der Waals surface area contributed by atoms with Gasteiger partial charge in [0.15, 0.2) is 37.7 Å². The quantitative estimate of drug-likeness (QED) is 0.0148. The van der Waals surface area contributed by atoms with Gasteiger partial charge in [-0.15, -0.1) is 0 Å². The zero-order valence-corrected chi connectivity index (χ0v) is 42.2. The molecule has 0 saturated carbocycles. The van der Waals surface area contributed by atoms with Crippen molar-refractivity contribution in [1.29, 1.82) is 0 Å². The van der Waals surface area contributed by atoms with E-state index in [9.17, 15) is 106 Å². The van der Waals surface area contributed by atoms with E-state index in [1.807, 2.05) is 5.43 Å².